The molecule has 4 heterocycles. The number of amides is 4. The van der Waals surface area contributed by atoms with Gasteiger partial charge < -0.3 is 15.2 Å². The Kier molecular flexibility index (Phi) is 5.49. The Balaban J connectivity index is 1.12. The molecule has 2 aliphatic rings. The minimum atomic E-state index is -0.675. The smallest absolute Gasteiger partial charge is 0.325 e. The summed E-state index contributed by atoms with van der Waals surface area (Å²) in [6, 6.07) is 14.7. The molecular weight excluding hydrogens is 462 g/mol. The molecule has 2 atom stereocenters. The quantitative estimate of drug-likeness (QED) is 0.420. The number of fused-ring (bicyclic) bond motifs is 2. The highest BCUT2D eigenvalue weighted by molar-refractivity contribution is 7.18. The van der Waals surface area contributed by atoms with E-state index in [1.165, 1.54) is 0 Å². The number of aromatic amines is 1. The van der Waals surface area contributed by atoms with Crippen molar-refractivity contribution in [3.05, 3.63) is 65.3 Å². The van der Waals surface area contributed by atoms with Gasteiger partial charge >= 0.3 is 6.03 Å². The van der Waals surface area contributed by atoms with Crippen LogP contribution in [0.2, 0.25) is 0 Å². The molecule has 178 valence electrons. The standard InChI is InChI=1S/C26H25N5O3S/c32-23(30-11-5-6-16(14-30)24-28-20-9-3-4-10-22(20)35-24)15-31-25(33)21(29-26(31)34)12-17-13-27-19-8-2-1-7-18(17)19/h1-4,7-10,13,16,21,27H,5-6,11-12,14-15H2,(H,29,34)/t16-,21+/m0/s1. The maximum atomic E-state index is 13.1. The lowest BCUT2D eigenvalue weighted by Crippen LogP contribution is -2.46. The fourth-order valence-corrected chi connectivity index (χ4v) is 6.18. The van der Waals surface area contributed by atoms with Crippen molar-refractivity contribution >= 4 is 50.3 Å². The number of nitrogens with one attached hydrogen (secondary N) is 2. The highest BCUT2D eigenvalue weighted by atomic mass is 32.1. The van der Waals surface area contributed by atoms with E-state index in [2.05, 4.69) is 16.4 Å². The van der Waals surface area contributed by atoms with Gasteiger partial charge in [0.15, 0.2) is 0 Å². The van der Waals surface area contributed by atoms with Gasteiger partial charge in [0.1, 0.15) is 12.6 Å². The minimum Gasteiger partial charge on any atom is -0.361 e. The summed E-state index contributed by atoms with van der Waals surface area (Å²) in [4.78, 5) is 49.6. The molecule has 0 radical (unpaired) electrons. The summed E-state index contributed by atoms with van der Waals surface area (Å²) < 4.78 is 1.14. The Hall–Kier alpha value is -3.72. The van der Waals surface area contributed by atoms with E-state index in [4.69, 9.17) is 4.98 Å². The van der Waals surface area contributed by atoms with E-state index in [1.54, 1.807) is 16.2 Å². The van der Waals surface area contributed by atoms with E-state index < -0.39 is 12.1 Å². The normalized spacial score (nSPS) is 20.7. The summed E-state index contributed by atoms with van der Waals surface area (Å²) in [6.45, 7) is 0.950. The maximum absolute atomic E-state index is 13.1. The van der Waals surface area contributed by atoms with Gasteiger partial charge in [-0.15, -0.1) is 11.3 Å². The van der Waals surface area contributed by atoms with Crippen molar-refractivity contribution in [3.8, 4) is 0 Å². The van der Waals surface area contributed by atoms with Gasteiger partial charge in [-0.05, 0) is 36.6 Å². The number of carbonyl (C=O) groups excluding carboxylic acids is 3. The molecule has 35 heavy (non-hydrogen) atoms. The third-order valence-corrected chi connectivity index (χ3v) is 8.13. The van der Waals surface area contributed by atoms with Gasteiger partial charge in [0.05, 0.1) is 15.2 Å². The van der Waals surface area contributed by atoms with Gasteiger partial charge in [-0.1, -0.05) is 30.3 Å². The number of benzene rings is 2. The third-order valence-electron chi connectivity index (χ3n) is 6.93. The second-order valence-corrected chi connectivity index (χ2v) is 10.3. The average Bonchev–Trinajstić information content (AvgIpc) is 3.57. The summed E-state index contributed by atoms with van der Waals surface area (Å²) >= 11 is 1.67. The van der Waals surface area contributed by atoms with Crippen LogP contribution in [-0.2, 0) is 16.0 Å². The van der Waals surface area contributed by atoms with Crippen LogP contribution in [0.25, 0.3) is 21.1 Å². The van der Waals surface area contributed by atoms with Crippen LogP contribution in [0, 0.1) is 0 Å². The number of likely N-dealkylation sites (tertiary alicyclic amines) is 1. The SMILES string of the molecule is O=C(CN1C(=O)N[C@H](Cc2c[nH]c3ccccc23)C1=O)N1CCC[C@H](c2nc3ccccc3s2)C1. The first-order valence-electron chi connectivity index (χ1n) is 11.9. The molecule has 0 bridgehead atoms. The van der Waals surface area contributed by atoms with E-state index in [0.29, 0.717) is 19.5 Å². The highest BCUT2D eigenvalue weighted by Gasteiger charge is 2.40. The molecule has 2 aliphatic heterocycles. The number of H-pyrrole nitrogens is 1. The van der Waals surface area contributed by atoms with Crippen molar-refractivity contribution < 1.29 is 14.4 Å². The zero-order valence-electron chi connectivity index (χ0n) is 19.1. The Labute approximate surface area is 205 Å². The van der Waals surface area contributed by atoms with Crippen LogP contribution in [0.1, 0.15) is 29.3 Å². The van der Waals surface area contributed by atoms with Crippen molar-refractivity contribution in [2.45, 2.75) is 31.2 Å². The van der Waals surface area contributed by atoms with E-state index in [9.17, 15) is 14.4 Å². The van der Waals surface area contributed by atoms with Crippen molar-refractivity contribution in [2.75, 3.05) is 19.6 Å². The number of rotatable bonds is 5. The van der Waals surface area contributed by atoms with Gasteiger partial charge in [-0.3, -0.25) is 14.5 Å². The van der Waals surface area contributed by atoms with Gasteiger partial charge in [-0.25, -0.2) is 9.78 Å². The second-order valence-electron chi connectivity index (χ2n) is 9.19. The molecule has 2 saturated heterocycles. The zero-order valence-corrected chi connectivity index (χ0v) is 19.9. The van der Waals surface area contributed by atoms with Crippen molar-refractivity contribution in [3.63, 3.8) is 0 Å². The third kappa shape index (κ3) is 4.05. The molecule has 2 aromatic heterocycles. The van der Waals surface area contributed by atoms with Gasteiger partial charge in [0.25, 0.3) is 5.91 Å². The van der Waals surface area contributed by atoms with E-state index in [1.807, 2.05) is 48.7 Å². The molecule has 2 N–H and O–H groups in total. The molecule has 0 aliphatic carbocycles. The number of hydrogen-bond donors (Lipinski definition) is 2. The Morgan fingerprint density at radius 1 is 1.11 bits per heavy atom. The van der Waals surface area contributed by atoms with Crippen molar-refractivity contribution in [1.82, 2.24) is 25.1 Å². The number of para-hydroxylation sites is 2. The summed E-state index contributed by atoms with van der Waals surface area (Å²) in [5, 5.41) is 4.82. The first kappa shape index (κ1) is 21.8. The summed E-state index contributed by atoms with van der Waals surface area (Å²) in [5.41, 5.74) is 2.93. The predicted molar refractivity (Wildman–Crippen MR) is 134 cm³/mol. The molecule has 2 aromatic carbocycles. The Morgan fingerprint density at radius 2 is 1.94 bits per heavy atom. The van der Waals surface area contributed by atoms with Crippen LogP contribution in [0.15, 0.2) is 54.7 Å². The molecule has 4 amide bonds. The zero-order chi connectivity index (χ0) is 23.9. The number of urea groups is 1. The first-order chi connectivity index (χ1) is 17.1. The number of carbonyl (C=O) groups is 3. The molecule has 0 unspecified atom stereocenters. The largest absolute Gasteiger partial charge is 0.361 e. The van der Waals surface area contributed by atoms with Gasteiger partial charge in [0, 0.05) is 42.5 Å². The number of hydrogen-bond acceptors (Lipinski definition) is 5. The second kappa shape index (κ2) is 8.81. The van der Waals surface area contributed by atoms with Crippen LogP contribution in [0.5, 0.6) is 0 Å². The number of nitrogens with zero attached hydrogens (tertiary/aromatic N) is 3. The Bertz CT molecular complexity index is 1410. The number of imide groups is 1. The number of thiazole rings is 1. The topological polar surface area (TPSA) is 98.4 Å². The summed E-state index contributed by atoms with van der Waals surface area (Å²) in [7, 11) is 0. The minimum absolute atomic E-state index is 0.169. The lowest BCUT2D eigenvalue weighted by molar-refractivity contribution is -0.138. The maximum Gasteiger partial charge on any atom is 0.325 e. The van der Waals surface area contributed by atoms with Crippen LogP contribution in [0.3, 0.4) is 0 Å². The average molecular weight is 488 g/mol. The van der Waals surface area contributed by atoms with E-state index in [-0.39, 0.29) is 24.3 Å². The molecule has 2 fully saturated rings. The van der Waals surface area contributed by atoms with E-state index in [0.717, 1.165) is 49.4 Å². The van der Waals surface area contributed by atoms with Crippen LogP contribution >= 0.6 is 11.3 Å². The summed E-state index contributed by atoms with van der Waals surface area (Å²) in [6.07, 6.45) is 4.09. The van der Waals surface area contributed by atoms with E-state index >= 15 is 0 Å². The Morgan fingerprint density at radius 3 is 2.83 bits per heavy atom. The first-order valence-corrected chi connectivity index (χ1v) is 12.7. The van der Waals surface area contributed by atoms with Crippen LogP contribution < -0.4 is 5.32 Å². The molecular formula is C26H25N5O3S. The number of piperidine rings is 1. The highest BCUT2D eigenvalue weighted by Crippen LogP contribution is 2.33. The molecule has 0 saturated carbocycles. The van der Waals surface area contributed by atoms with Crippen molar-refractivity contribution in [1.29, 1.82) is 0 Å². The van der Waals surface area contributed by atoms with Gasteiger partial charge in [0.2, 0.25) is 5.91 Å². The molecule has 9 heteroatoms. The van der Waals surface area contributed by atoms with Gasteiger partial charge in [-0.2, -0.15) is 0 Å². The number of aromatic nitrogens is 2. The lowest BCUT2D eigenvalue weighted by atomic mass is 9.98. The lowest BCUT2D eigenvalue weighted by Gasteiger charge is -2.32. The monoisotopic (exact) mass is 487 g/mol. The molecule has 4 aromatic rings. The molecule has 0 spiro atoms. The van der Waals surface area contributed by atoms with Crippen LogP contribution in [-0.4, -0.2) is 63.3 Å². The fraction of sp³-hybridized carbons (Fsp3) is 0.308. The predicted octanol–water partition coefficient (Wildman–Crippen LogP) is 3.65. The molecule has 6 rings (SSSR count). The van der Waals surface area contributed by atoms with Crippen molar-refractivity contribution in [2.24, 2.45) is 0 Å². The molecule has 8 nitrogen and oxygen atoms in total. The fourth-order valence-electron chi connectivity index (χ4n) is 5.09. The summed E-state index contributed by atoms with van der Waals surface area (Å²) in [5.74, 6) is -0.386. The van der Waals surface area contributed by atoms with Crippen LogP contribution in [0.4, 0.5) is 4.79 Å².